The number of amides is 3. The Morgan fingerprint density at radius 3 is 2.30 bits per heavy atom. The minimum Gasteiger partial charge on any atom is -0.493 e. The number of fused-ring (bicyclic) bond motifs is 2. The predicted octanol–water partition coefficient (Wildman–Crippen LogP) is 5.56. The topological polar surface area (TPSA) is 133 Å². The van der Waals surface area contributed by atoms with Crippen molar-refractivity contribution in [2.45, 2.75) is 35.8 Å². The molecule has 260 valence electrons. The van der Waals surface area contributed by atoms with Gasteiger partial charge in [-0.15, -0.1) is 0 Å². The molecule has 0 bridgehead atoms. The Hall–Kier alpha value is -5.09. The number of imide groups is 1. The maximum atomic E-state index is 14.1. The molecule has 1 aromatic heterocycles. The number of carbonyl (C=O) groups excluding carboxylic acids is 4. The normalized spacial score (nSPS) is 18.4. The molecule has 50 heavy (non-hydrogen) atoms. The molecule has 4 aromatic rings. The van der Waals surface area contributed by atoms with Crippen LogP contribution < -0.4 is 24.6 Å². The average Bonchev–Trinajstić information content (AvgIpc) is 3.54. The molecule has 1 saturated heterocycles. The summed E-state index contributed by atoms with van der Waals surface area (Å²) in [6.07, 6.45) is -4.71. The number of nitrogens with zero attached hydrogens (tertiary/aromatic N) is 2. The zero-order valence-electron chi connectivity index (χ0n) is 26.6. The predicted molar refractivity (Wildman–Crippen MR) is 178 cm³/mol. The lowest BCUT2D eigenvalue weighted by molar-refractivity contribution is -0.137. The molecule has 6 rings (SSSR count). The van der Waals surface area contributed by atoms with Gasteiger partial charge in [-0.05, 0) is 67.1 Å². The van der Waals surface area contributed by atoms with Gasteiger partial charge in [0, 0.05) is 16.5 Å². The van der Waals surface area contributed by atoms with Gasteiger partial charge in [0.2, 0.25) is 17.7 Å². The molecule has 1 N–H and O–H groups in total. The fraction of sp³-hybridized carbons (Fsp3) is 0.265. The van der Waals surface area contributed by atoms with E-state index in [1.807, 2.05) is 0 Å². The van der Waals surface area contributed by atoms with Crippen LogP contribution in [0.25, 0.3) is 0 Å². The number of aromatic nitrogens is 1. The van der Waals surface area contributed by atoms with Gasteiger partial charge in [0.15, 0.2) is 11.5 Å². The van der Waals surface area contributed by atoms with E-state index in [0.717, 1.165) is 46.2 Å². The van der Waals surface area contributed by atoms with E-state index in [-0.39, 0.29) is 22.9 Å². The van der Waals surface area contributed by atoms with Crippen LogP contribution in [-0.4, -0.2) is 54.3 Å². The molecule has 3 heterocycles. The fourth-order valence-electron chi connectivity index (χ4n) is 5.98. The van der Waals surface area contributed by atoms with Gasteiger partial charge < -0.3 is 19.5 Å². The molecule has 3 amide bonds. The quantitative estimate of drug-likeness (QED) is 0.174. The van der Waals surface area contributed by atoms with Crippen molar-refractivity contribution in [2.75, 3.05) is 31.0 Å². The van der Waals surface area contributed by atoms with Crippen molar-refractivity contribution >= 4 is 58.2 Å². The van der Waals surface area contributed by atoms with Crippen LogP contribution in [0.5, 0.6) is 11.5 Å². The molecule has 2 aliphatic heterocycles. The van der Waals surface area contributed by atoms with E-state index in [9.17, 15) is 37.1 Å². The Morgan fingerprint density at radius 1 is 0.920 bits per heavy atom. The van der Waals surface area contributed by atoms with Gasteiger partial charge in [0.05, 0.1) is 48.6 Å². The molecule has 0 spiro atoms. The number of carbonyl (C=O) groups is 4. The highest BCUT2D eigenvalue weighted by atomic mass is 32.2. The number of hydrogen-bond acceptors (Lipinski definition) is 10. The molecule has 0 saturated carbocycles. The van der Waals surface area contributed by atoms with Gasteiger partial charge in [-0.3, -0.25) is 23.7 Å². The highest BCUT2D eigenvalue weighted by Gasteiger charge is 2.57. The Morgan fingerprint density at radius 2 is 1.64 bits per heavy atom. The number of ether oxygens (including phenoxy) is 3. The Bertz CT molecular complexity index is 2060. The summed E-state index contributed by atoms with van der Waals surface area (Å²) in [4.78, 5) is 67.5. The van der Waals surface area contributed by atoms with Gasteiger partial charge in [-0.2, -0.15) is 13.2 Å². The van der Waals surface area contributed by atoms with Crippen molar-refractivity contribution < 1.29 is 46.6 Å². The molecular formula is C34H28F3N3O8S2. The monoisotopic (exact) mass is 727 g/mol. The van der Waals surface area contributed by atoms with Crippen molar-refractivity contribution in [1.29, 1.82) is 0 Å². The number of anilines is 2. The maximum Gasteiger partial charge on any atom is 0.416 e. The van der Waals surface area contributed by atoms with Crippen molar-refractivity contribution in [1.82, 2.24) is 4.57 Å². The first-order chi connectivity index (χ1) is 23.9. The van der Waals surface area contributed by atoms with Crippen LogP contribution in [-0.2, 0) is 31.8 Å². The smallest absolute Gasteiger partial charge is 0.416 e. The van der Waals surface area contributed by atoms with Crippen LogP contribution in [0.3, 0.4) is 0 Å². The van der Waals surface area contributed by atoms with Gasteiger partial charge in [0.25, 0.3) is 0 Å². The average molecular weight is 728 g/mol. The Kier molecular flexibility index (Phi) is 9.50. The van der Waals surface area contributed by atoms with Crippen LogP contribution in [0.2, 0.25) is 0 Å². The zero-order valence-corrected chi connectivity index (χ0v) is 28.2. The van der Waals surface area contributed by atoms with E-state index in [1.165, 1.54) is 49.1 Å². The molecule has 3 atom stereocenters. The van der Waals surface area contributed by atoms with E-state index < -0.39 is 63.9 Å². The standard InChI is InChI=1S/C34H28F3N3O8S2/c1-4-48-32(44)17-8-11-20(12-9-17)38-24(41)16-39-31-28(50-33(39)45)25(18-10-13-22(46-2)23(14-18)47-3)26-27(49-31)30(43)40(29(26)42)21-7-5-6-19(15-21)34(35,36)37/h5-15,25-27H,4,16H2,1-3H3,(H,38,41)/t25-,26+,27-/m0/s1. The van der Waals surface area contributed by atoms with Crippen molar-refractivity contribution in [3.05, 3.63) is 98.0 Å². The van der Waals surface area contributed by atoms with E-state index in [0.29, 0.717) is 27.6 Å². The van der Waals surface area contributed by atoms with E-state index in [4.69, 9.17) is 14.2 Å². The lowest BCUT2D eigenvalue weighted by Crippen LogP contribution is -2.33. The third-order valence-electron chi connectivity index (χ3n) is 8.23. The molecule has 16 heteroatoms. The van der Waals surface area contributed by atoms with Crippen LogP contribution >= 0.6 is 23.1 Å². The molecule has 2 aliphatic rings. The maximum absolute atomic E-state index is 14.1. The molecule has 0 unspecified atom stereocenters. The van der Waals surface area contributed by atoms with Crippen molar-refractivity contribution in [2.24, 2.45) is 5.92 Å². The summed E-state index contributed by atoms with van der Waals surface area (Å²) in [6, 6.07) is 14.8. The van der Waals surface area contributed by atoms with Crippen LogP contribution in [0.1, 0.15) is 39.2 Å². The number of alkyl halides is 3. The first-order valence-electron chi connectivity index (χ1n) is 15.1. The minimum absolute atomic E-state index is 0.201. The summed E-state index contributed by atoms with van der Waals surface area (Å²) in [5.41, 5.74) is -0.126. The summed E-state index contributed by atoms with van der Waals surface area (Å²) in [5.74, 6) is -3.89. The van der Waals surface area contributed by atoms with Crippen molar-refractivity contribution in [3.8, 4) is 11.5 Å². The number of rotatable bonds is 9. The Balaban J connectivity index is 1.38. The second-order valence-electron chi connectivity index (χ2n) is 11.2. The molecule has 3 aromatic carbocycles. The number of thioether (sulfide) groups is 1. The number of thiazole rings is 1. The number of hydrogen-bond donors (Lipinski definition) is 1. The van der Waals surface area contributed by atoms with E-state index >= 15 is 0 Å². The van der Waals surface area contributed by atoms with Crippen LogP contribution in [0, 0.1) is 5.92 Å². The first kappa shape index (κ1) is 34.8. The second-order valence-corrected chi connectivity index (χ2v) is 13.3. The zero-order chi connectivity index (χ0) is 35.9. The minimum atomic E-state index is -4.71. The number of benzene rings is 3. The second kappa shape index (κ2) is 13.7. The Labute approximate surface area is 290 Å². The summed E-state index contributed by atoms with van der Waals surface area (Å²) in [7, 11) is 2.87. The van der Waals surface area contributed by atoms with Crippen LogP contribution in [0.4, 0.5) is 24.5 Å². The van der Waals surface area contributed by atoms with E-state index in [2.05, 4.69) is 5.32 Å². The van der Waals surface area contributed by atoms with Gasteiger partial charge in [-0.1, -0.05) is 35.2 Å². The number of halogens is 3. The fourth-order valence-corrected chi connectivity index (χ4v) is 8.76. The largest absolute Gasteiger partial charge is 0.493 e. The SMILES string of the molecule is CCOC(=O)c1ccc(NC(=O)Cn2c3c(sc2=O)[C@@H](c2ccc(OC)c(OC)c2)[C@H]2C(=O)N(c4cccc(C(F)(F)F)c4)C(=O)[C@H]2S3)cc1. The number of esters is 1. The summed E-state index contributed by atoms with van der Waals surface area (Å²) in [6.45, 7) is 1.43. The third kappa shape index (κ3) is 6.35. The summed E-state index contributed by atoms with van der Waals surface area (Å²) >= 11 is 1.73. The highest BCUT2D eigenvalue weighted by Crippen LogP contribution is 2.54. The summed E-state index contributed by atoms with van der Waals surface area (Å²) < 4.78 is 57.8. The van der Waals surface area contributed by atoms with Crippen LogP contribution in [0.15, 0.2) is 76.6 Å². The molecule has 1 fully saturated rings. The summed E-state index contributed by atoms with van der Waals surface area (Å²) in [5, 5.41) is 1.83. The van der Waals surface area contributed by atoms with E-state index in [1.54, 1.807) is 25.1 Å². The molecule has 11 nitrogen and oxygen atoms in total. The number of methoxy groups -OCH3 is 2. The van der Waals surface area contributed by atoms with Gasteiger partial charge >= 0.3 is 17.0 Å². The highest BCUT2D eigenvalue weighted by molar-refractivity contribution is 8.00. The van der Waals surface area contributed by atoms with Crippen molar-refractivity contribution in [3.63, 3.8) is 0 Å². The lowest BCUT2D eigenvalue weighted by atomic mass is 9.83. The van der Waals surface area contributed by atoms with Gasteiger partial charge in [0.1, 0.15) is 11.8 Å². The molecular weight excluding hydrogens is 700 g/mol. The first-order valence-corrected chi connectivity index (χ1v) is 16.8. The third-order valence-corrected chi connectivity index (χ3v) is 10.8. The number of nitrogens with one attached hydrogen (secondary N) is 1. The van der Waals surface area contributed by atoms with Gasteiger partial charge in [-0.25, -0.2) is 9.69 Å². The lowest BCUT2D eigenvalue weighted by Gasteiger charge is -2.31. The molecule has 0 aliphatic carbocycles. The molecule has 0 radical (unpaired) electrons.